The first kappa shape index (κ1) is 11.1. The van der Waals surface area contributed by atoms with Gasteiger partial charge in [-0.15, -0.1) is 0 Å². The zero-order chi connectivity index (χ0) is 11.4. The van der Waals surface area contributed by atoms with Crippen molar-refractivity contribution >= 4 is 5.91 Å². The third-order valence-electron chi connectivity index (χ3n) is 2.74. The number of nitrogens with one attached hydrogen (secondary N) is 1. The minimum Gasteiger partial charge on any atom is -0.334 e. The Morgan fingerprint density at radius 1 is 1.56 bits per heavy atom. The number of carbonyl (C=O) groups excluding carboxylic acids is 1. The molecule has 88 valence electrons. The number of hydrogen-bond donors (Lipinski definition) is 1. The third-order valence-corrected chi connectivity index (χ3v) is 2.74. The molecule has 0 aromatic carbocycles. The van der Waals surface area contributed by atoms with Crippen LogP contribution in [0, 0.1) is 0 Å². The highest BCUT2D eigenvalue weighted by Crippen LogP contribution is 2.04. The van der Waals surface area contributed by atoms with E-state index in [1.54, 1.807) is 6.33 Å². The van der Waals surface area contributed by atoms with Crippen molar-refractivity contribution in [2.75, 3.05) is 19.6 Å². The maximum atomic E-state index is 11.7. The molecule has 0 spiro atoms. The fourth-order valence-corrected chi connectivity index (χ4v) is 1.84. The lowest BCUT2D eigenvalue weighted by molar-refractivity contribution is -0.130. The van der Waals surface area contributed by atoms with E-state index in [-0.39, 0.29) is 5.91 Å². The molecule has 0 saturated carbocycles. The average Bonchev–Trinajstić information content (AvgIpc) is 2.64. The normalized spacial score (nSPS) is 17.6. The second-order valence-corrected chi connectivity index (χ2v) is 3.84. The van der Waals surface area contributed by atoms with Gasteiger partial charge in [-0.25, -0.2) is 9.67 Å². The maximum absolute atomic E-state index is 11.7. The molecule has 0 unspecified atom stereocenters. The Balaban J connectivity index is 2.04. The van der Waals surface area contributed by atoms with E-state index < -0.39 is 0 Å². The van der Waals surface area contributed by atoms with Crippen molar-refractivity contribution in [3.63, 3.8) is 0 Å². The molecule has 2 rings (SSSR count). The molecule has 1 aliphatic heterocycles. The topological polar surface area (TPSA) is 63.1 Å². The summed E-state index contributed by atoms with van der Waals surface area (Å²) >= 11 is 0. The first-order chi connectivity index (χ1) is 7.81. The number of nitrogens with zero attached hydrogens (tertiary/aromatic N) is 4. The van der Waals surface area contributed by atoms with Gasteiger partial charge >= 0.3 is 0 Å². The third kappa shape index (κ3) is 2.38. The molecule has 1 aromatic heterocycles. The molecule has 2 heterocycles. The van der Waals surface area contributed by atoms with Crippen molar-refractivity contribution < 1.29 is 4.79 Å². The lowest BCUT2D eigenvalue weighted by atomic mass is 10.4. The lowest BCUT2D eigenvalue weighted by Crippen LogP contribution is -2.35. The Labute approximate surface area is 94.6 Å². The molecule has 0 bridgehead atoms. The summed E-state index contributed by atoms with van der Waals surface area (Å²) in [5, 5.41) is 7.20. The summed E-state index contributed by atoms with van der Waals surface area (Å²) in [6.45, 7) is 5.50. The van der Waals surface area contributed by atoms with Crippen molar-refractivity contribution in [1.29, 1.82) is 0 Å². The molecular formula is C10H17N5O. The summed E-state index contributed by atoms with van der Waals surface area (Å²) in [5.74, 6) is 1.00. The molecule has 16 heavy (non-hydrogen) atoms. The largest absolute Gasteiger partial charge is 0.334 e. The van der Waals surface area contributed by atoms with Gasteiger partial charge in [0.2, 0.25) is 5.91 Å². The van der Waals surface area contributed by atoms with Gasteiger partial charge in [0.05, 0.1) is 13.1 Å². The monoisotopic (exact) mass is 223 g/mol. The van der Waals surface area contributed by atoms with Gasteiger partial charge in [-0.1, -0.05) is 0 Å². The SMILES string of the molecule is CCn1ncnc1CN1CCCNCC1=O. The van der Waals surface area contributed by atoms with E-state index in [0.717, 1.165) is 31.9 Å². The molecule has 1 aliphatic rings. The van der Waals surface area contributed by atoms with Gasteiger partial charge in [0.15, 0.2) is 0 Å². The van der Waals surface area contributed by atoms with Gasteiger partial charge < -0.3 is 10.2 Å². The highest BCUT2D eigenvalue weighted by Gasteiger charge is 2.18. The summed E-state index contributed by atoms with van der Waals surface area (Å²) in [6, 6.07) is 0. The second kappa shape index (κ2) is 5.07. The molecule has 1 N–H and O–H groups in total. The van der Waals surface area contributed by atoms with Gasteiger partial charge in [-0.3, -0.25) is 4.79 Å². The number of amides is 1. The zero-order valence-corrected chi connectivity index (χ0v) is 9.52. The number of carbonyl (C=O) groups is 1. The van der Waals surface area contributed by atoms with Crippen LogP contribution in [0.5, 0.6) is 0 Å². The molecule has 0 aliphatic carbocycles. The van der Waals surface area contributed by atoms with Crippen LogP contribution in [-0.2, 0) is 17.9 Å². The van der Waals surface area contributed by atoms with Gasteiger partial charge in [0, 0.05) is 13.1 Å². The highest BCUT2D eigenvalue weighted by atomic mass is 16.2. The van der Waals surface area contributed by atoms with E-state index in [0.29, 0.717) is 13.1 Å². The fourth-order valence-electron chi connectivity index (χ4n) is 1.84. The van der Waals surface area contributed by atoms with Crippen LogP contribution in [0.15, 0.2) is 6.33 Å². The Morgan fingerprint density at radius 3 is 3.25 bits per heavy atom. The minimum absolute atomic E-state index is 0.142. The van der Waals surface area contributed by atoms with E-state index in [1.165, 1.54) is 0 Å². The Hall–Kier alpha value is -1.43. The molecule has 1 fully saturated rings. The quantitative estimate of drug-likeness (QED) is 0.758. The van der Waals surface area contributed by atoms with E-state index in [1.807, 2.05) is 16.5 Å². The predicted octanol–water partition coefficient (Wildman–Crippen LogP) is -0.380. The number of hydrogen-bond acceptors (Lipinski definition) is 4. The van der Waals surface area contributed by atoms with Gasteiger partial charge in [-0.05, 0) is 19.9 Å². The summed E-state index contributed by atoms with van der Waals surface area (Å²) in [6.07, 6.45) is 2.53. The van der Waals surface area contributed by atoms with E-state index in [4.69, 9.17) is 0 Å². The fraction of sp³-hybridized carbons (Fsp3) is 0.700. The first-order valence-electron chi connectivity index (χ1n) is 5.66. The molecule has 1 saturated heterocycles. The minimum atomic E-state index is 0.142. The van der Waals surface area contributed by atoms with Crippen LogP contribution in [-0.4, -0.2) is 45.2 Å². The van der Waals surface area contributed by atoms with Crippen LogP contribution in [0.3, 0.4) is 0 Å². The van der Waals surface area contributed by atoms with Crippen molar-refractivity contribution in [1.82, 2.24) is 25.0 Å². The Bertz CT molecular complexity index is 362. The second-order valence-electron chi connectivity index (χ2n) is 3.84. The van der Waals surface area contributed by atoms with Crippen molar-refractivity contribution in [2.24, 2.45) is 0 Å². The van der Waals surface area contributed by atoms with Gasteiger partial charge in [0.25, 0.3) is 0 Å². The number of aromatic nitrogens is 3. The number of aryl methyl sites for hydroxylation is 1. The molecule has 0 radical (unpaired) electrons. The van der Waals surface area contributed by atoms with Crippen LogP contribution in [0.1, 0.15) is 19.2 Å². The van der Waals surface area contributed by atoms with Crippen LogP contribution >= 0.6 is 0 Å². The molecule has 6 heteroatoms. The van der Waals surface area contributed by atoms with Crippen LogP contribution in [0.25, 0.3) is 0 Å². The van der Waals surface area contributed by atoms with E-state index in [2.05, 4.69) is 15.4 Å². The van der Waals surface area contributed by atoms with Crippen molar-refractivity contribution in [3.05, 3.63) is 12.2 Å². The van der Waals surface area contributed by atoms with E-state index in [9.17, 15) is 4.79 Å². The van der Waals surface area contributed by atoms with Crippen LogP contribution in [0.2, 0.25) is 0 Å². The standard InChI is InChI=1S/C10H17N5O/c1-2-15-9(12-8-13-15)7-14-5-3-4-11-6-10(14)16/h8,11H,2-7H2,1H3. The summed E-state index contributed by atoms with van der Waals surface area (Å²) in [7, 11) is 0. The van der Waals surface area contributed by atoms with Crippen LogP contribution < -0.4 is 5.32 Å². The molecule has 6 nitrogen and oxygen atoms in total. The smallest absolute Gasteiger partial charge is 0.236 e. The first-order valence-corrected chi connectivity index (χ1v) is 5.66. The highest BCUT2D eigenvalue weighted by molar-refractivity contribution is 5.78. The van der Waals surface area contributed by atoms with Crippen LogP contribution in [0.4, 0.5) is 0 Å². The number of rotatable bonds is 3. The lowest BCUT2D eigenvalue weighted by Gasteiger charge is -2.19. The summed E-state index contributed by atoms with van der Waals surface area (Å²) < 4.78 is 1.82. The Morgan fingerprint density at radius 2 is 2.44 bits per heavy atom. The molecule has 1 amide bonds. The Kier molecular flexibility index (Phi) is 3.51. The van der Waals surface area contributed by atoms with Gasteiger partial charge in [-0.2, -0.15) is 5.10 Å². The molecular weight excluding hydrogens is 206 g/mol. The summed E-state index contributed by atoms with van der Waals surface area (Å²) in [5.41, 5.74) is 0. The zero-order valence-electron chi connectivity index (χ0n) is 9.52. The molecule has 1 aromatic rings. The maximum Gasteiger partial charge on any atom is 0.236 e. The average molecular weight is 223 g/mol. The predicted molar refractivity (Wildman–Crippen MR) is 58.6 cm³/mol. The van der Waals surface area contributed by atoms with Crippen molar-refractivity contribution in [3.8, 4) is 0 Å². The summed E-state index contributed by atoms with van der Waals surface area (Å²) in [4.78, 5) is 17.8. The van der Waals surface area contributed by atoms with Crippen molar-refractivity contribution in [2.45, 2.75) is 26.4 Å². The van der Waals surface area contributed by atoms with E-state index >= 15 is 0 Å². The molecule has 0 atom stereocenters. The van der Waals surface area contributed by atoms with Gasteiger partial charge in [0.1, 0.15) is 12.2 Å².